The SMILES string of the molecule is COCCN(C(=O)Nc1cccnc1)[C@@H]1CCC[C@@H]1C. The number of amides is 2. The molecule has 0 unspecified atom stereocenters. The Balaban J connectivity index is 2.03. The summed E-state index contributed by atoms with van der Waals surface area (Å²) >= 11 is 0. The molecule has 1 aromatic heterocycles. The van der Waals surface area contributed by atoms with Crippen molar-refractivity contribution in [3.05, 3.63) is 24.5 Å². The first-order valence-corrected chi connectivity index (χ1v) is 7.19. The Hall–Kier alpha value is -1.62. The maximum Gasteiger partial charge on any atom is 0.322 e. The van der Waals surface area contributed by atoms with E-state index in [0.29, 0.717) is 25.1 Å². The molecule has 1 aliphatic rings. The van der Waals surface area contributed by atoms with Gasteiger partial charge in [0, 0.05) is 25.9 Å². The Kier molecular flexibility index (Phi) is 5.35. The van der Waals surface area contributed by atoms with E-state index in [4.69, 9.17) is 4.74 Å². The van der Waals surface area contributed by atoms with Gasteiger partial charge in [0.15, 0.2) is 0 Å². The third kappa shape index (κ3) is 3.70. The summed E-state index contributed by atoms with van der Waals surface area (Å²) in [5.74, 6) is 0.548. The molecule has 2 rings (SSSR count). The van der Waals surface area contributed by atoms with Gasteiger partial charge in [0.05, 0.1) is 18.5 Å². The van der Waals surface area contributed by atoms with Crippen molar-refractivity contribution in [2.45, 2.75) is 32.2 Å². The van der Waals surface area contributed by atoms with Crippen molar-refractivity contribution in [1.82, 2.24) is 9.88 Å². The predicted molar refractivity (Wildman–Crippen MR) is 78.6 cm³/mol. The van der Waals surface area contributed by atoms with Crippen LogP contribution in [0.5, 0.6) is 0 Å². The van der Waals surface area contributed by atoms with Crippen molar-refractivity contribution < 1.29 is 9.53 Å². The summed E-state index contributed by atoms with van der Waals surface area (Å²) in [5, 5.41) is 2.92. The van der Waals surface area contributed by atoms with E-state index in [1.165, 1.54) is 12.8 Å². The van der Waals surface area contributed by atoms with Crippen LogP contribution < -0.4 is 5.32 Å². The van der Waals surface area contributed by atoms with Gasteiger partial charge in [0.2, 0.25) is 0 Å². The summed E-state index contributed by atoms with van der Waals surface area (Å²) in [5.41, 5.74) is 0.727. The highest BCUT2D eigenvalue weighted by Crippen LogP contribution is 2.29. The smallest absolute Gasteiger partial charge is 0.322 e. The van der Waals surface area contributed by atoms with Crippen molar-refractivity contribution >= 4 is 11.7 Å². The van der Waals surface area contributed by atoms with Gasteiger partial charge in [-0.25, -0.2) is 4.79 Å². The first-order chi connectivity index (χ1) is 9.72. The van der Waals surface area contributed by atoms with E-state index in [0.717, 1.165) is 12.1 Å². The highest BCUT2D eigenvalue weighted by molar-refractivity contribution is 5.89. The van der Waals surface area contributed by atoms with Crippen molar-refractivity contribution in [1.29, 1.82) is 0 Å². The van der Waals surface area contributed by atoms with Crippen LogP contribution in [0.15, 0.2) is 24.5 Å². The van der Waals surface area contributed by atoms with Crippen LogP contribution in [-0.4, -0.2) is 42.2 Å². The number of methoxy groups -OCH3 is 1. The Morgan fingerprint density at radius 1 is 1.55 bits per heavy atom. The summed E-state index contributed by atoms with van der Waals surface area (Å²) in [6.45, 7) is 3.40. The van der Waals surface area contributed by atoms with Gasteiger partial charge in [-0.3, -0.25) is 4.98 Å². The zero-order valence-electron chi connectivity index (χ0n) is 12.2. The first-order valence-electron chi connectivity index (χ1n) is 7.19. The largest absolute Gasteiger partial charge is 0.383 e. The molecule has 1 heterocycles. The molecule has 20 heavy (non-hydrogen) atoms. The third-order valence-corrected chi connectivity index (χ3v) is 3.93. The zero-order valence-corrected chi connectivity index (χ0v) is 12.2. The lowest BCUT2D eigenvalue weighted by Crippen LogP contribution is -2.45. The topological polar surface area (TPSA) is 54.5 Å². The van der Waals surface area contributed by atoms with Gasteiger partial charge < -0.3 is 15.0 Å². The number of ether oxygens (including phenoxy) is 1. The quantitative estimate of drug-likeness (QED) is 0.900. The number of carbonyl (C=O) groups excluding carboxylic acids is 1. The molecule has 1 fully saturated rings. The molecular formula is C15H23N3O2. The maximum absolute atomic E-state index is 12.5. The minimum absolute atomic E-state index is 0.0613. The summed E-state index contributed by atoms with van der Waals surface area (Å²) < 4.78 is 5.13. The second-order valence-corrected chi connectivity index (χ2v) is 5.33. The number of hydrogen-bond donors (Lipinski definition) is 1. The third-order valence-electron chi connectivity index (χ3n) is 3.93. The molecule has 0 aromatic carbocycles. The van der Waals surface area contributed by atoms with E-state index in [-0.39, 0.29) is 6.03 Å². The normalized spacial score (nSPS) is 21.7. The van der Waals surface area contributed by atoms with Crippen molar-refractivity contribution in [2.24, 2.45) is 5.92 Å². The van der Waals surface area contributed by atoms with E-state index in [2.05, 4.69) is 17.2 Å². The lowest BCUT2D eigenvalue weighted by molar-refractivity contribution is 0.126. The Morgan fingerprint density at radius 3 is 3.00 bits per heavy atom. The molecule has 0 saturated heterocycles. The average molecular weight is 277 g/mol. The predicted octanol–water partition coefficient (Wildman–Crippen LogP) is 2.75. The summed E-state index contributed by atoms with van der Waals surface area (Å²) in [6.07, 6.45) is 6.80. The number of urea groups is 1. The van der Waals surface area contributed by atoms with Crippen molar-refractivity contribution in [3.63, 3.8) is 0 Å². The monoisotopic (exact) mass is 277 g/mol. The van der Waals surface area contributed by atoms with E-state index < -0.39 is 0 Å². The fourth-order valence-electron chi connectivity index (χ4n) is 2.83. The zero-order chi connectivity index (χ0) is 14.4. The summed E-state index contributed by atoms with van der Waals surface area (Å²) in [4.78, 5) is 18.4. The molecule has 1 aliphatic carbocycles. The number of nitrogens with zero attached hydrogens (tertiary/aromatic N) is 2. The van der Waals surface area contributed by atoms with Crippen molar-refractivity contribution in [2.75, 3.05) is 25.6 Å². The molecule has 5 heteroatoms. The van der Waals surface area contributed by atoms with Gasteiger partial charge in [-0.2, -0.15) is 0 Å². The van der Waals surface area contributed by atoms with Crippen LogP contribution in [0.25, 0.3) is 0 Å². The lowest BCUT2D eigenvalue weighted by atomic mass is 10.1. The highest BCUT2D eigenvalue weighted by Gasteiger charge is 2.31. The van der Waals surface area contributed by atoms with Gasteiger partial charge in [-0.05, 0) is 30.9 Å². The first kappa shape index (κ1) is 14.8. The number of pyridine rings is 1. The molecule has 110 valence electrons. The molecule has 0 radical (unpaired) electrons. The fraction of sp³-hybridized carbons (Fsp3) is 0.600. The Morgan fingerprint density at radius 2 is 2.40 bits per heavy atom. The highest BCUT2D eigenvalue weighted by atomic mass is 16.5. The molecule has 0 bridgehead atoms. The number of carbonyl (C=O) groups is 1. The van der Waals surface area contributed by atoms with Crippen LogP contribution in [0, 0.1) is 5.92 Å². The van der Waals surface area contributed by atoms with Crippen LogP contribution in [0.2, 0.25) is 0 Å². The van der Waals surface area contributed by atoms with Crippen molar-refractivity contribution in [3.8, 4) is 0 Å². The van der Waals surface area contributed by atoms with Gasteiger partial charge in [-0.1, -0.05) is 13.3 Å². The van der Waals surface area contributed by atoms with Gasteiger partial charge in [-0.15, -0.1) is 0 Å². The average Bonchev–Trinajstić information content (AvgIpc) is 2.87. The molecule has 1 N–H and O–H groups in total. The molecule has 2 amide bonds. The Labute approximate surface area is 120 Å². The fourth-order valence-corrected chi connectivity index (χ4v) is 2.83. The van der Waals surface area contributed by atoms with E-state index in [9.17, 15) is 4.79 Å². The molecule has 2 atom stereocenters. The minimum atomic E-state index is -0.0613. The molecular weight excluding hydrogens is 254 g/mol. The molecule has 1 saturated carbocycles. The molecule has 5 nitrogen and oxygen atoms in total. The minimum Gasteiger partial charge on any atom is -0.383 e. The van der Waals surface area contributed by atoms with E-state index in [1.807, 2.05) is 17.0 Å². The van der Waals surface area contributed by atoms with Gasteiger partial charge in [0.25, 0.3) is 0 Å². The van der Waals surface area contributed by atoms with Crippen LogP contribution in [0.4, 0.5) is 10.5 Å². The molecule has 0 aliphatic heterocycles. The summed E-state index contributed by atoms with van der Waals surface area (Å²) in [6, 6.07) is 3.90. The molecule has 1 aromatic rings. The lowest BCUT2D eigenvalue weighted by Gasteiger charge is -2.31. The Bertz CT molecular complexity index is 424. The van der Waals surface area contributed by atoms with E-state index in [1.54, 1.807) is 19.5 Å². The number of rotatable bonds is 5. The van der Waals surface area contributed by atoms with Crippen LogP contribution in [0.3, 0.4) is 0 Å². The van der Waals surface area contributed by atoms with E-state index >= 15 is 0 Å². The summed E-state index contributed by atoms with van der Waals surface area (Å²) in [7, 11) is 1.66. The standard InChI is InChI=1S/C15H23N3O2/c1-12-5-3-7-14(12)18(9-10-20-2)15(19)17-13-6-4-8-16-11-13/h4,6,8,11-12,14H,3,5,7,9-10H2,1-2H3,(H,17,19)/t12-,14+/m0/s1. The van der Waals surface area contributed by atoms with Gasteiger partial charge >= 0.3 is 6.03 Å². The number of nitrogens with one attached hydrogen (secondary N) is 1. The second-order valence-electron chi connectivity index (χ2n) is 5.33. The molecule has 0 spiro atoms. The number of hydrogen-bond acceptors (Lipinski definition) is 3. The number of anilines is 1. The van der Waals surface area contributed by atoms with Crippen LogP contribution in [0.1, 0.15) is 26.2 Å². The van der Waals surface area contributed by atoms with Gasteiger partial charge in [0.1, 0.15) is 0 Å². The van der Waals surface area contributed by atoms with Crippen LogP contribution >= 0.6 is 0 Å². The van der Waals surface area contributed by atoms with Crippen LogP contribution in [-0.2, 0) is 4.74 Å². The number of aromatic nitrogens is 1. The maximum atomic E-state index is 12.5. The second kappa shape index (κ2) is 7.24.